The van der Waals surface area contributed by atoms with E-state index in [-0.39, 0.29) is 36.9 Å². The highest BCUT2D eigenvalue weighted by atomic mass is 19.1. The van der Waals surface area contributed by atoms with Crippen molar-refractivity contribution < 1.29 is 18.4 Å². The Balaban J connectivity index is 1.37. The highest BCUT2D eigenvalue weighted by molar-refractivity contribution is 6.01. The molecule has 0 unspecified atom stereocenters. The fourth-order valence-electron chi connectivity index (χ4n) is 4.11. The molecule has 2 aromatic rings. The van der Waals surface area contributed by atoms with Gasteiger partial charge in [0.2, 0.25) is 11.9 Å². The number of nitriles is 1. The summed E-state index contributed by atoms with van der Waals surface area (Å²) in [5.74, 6) is -0.906. The molecule has 2 fully saturated rings. The number of nitrogens with zero attached hydrogens (tertiary/aromatic N) is 4. The van der Waals surface area contributed by atoms with Gasteiger partial charge in [0.1, 0.15) is 24.5 Å². The second-order valence-electron chi connectivity index (χ2n) is 8.17. The van der Waals surface area contributed by atoms with Crippen molar-refractivity contribution in [2.45, 2.75) is 36.5 Å². The molecule has 0 radical (unpaired) electrons. The Labute approximate surface area is 170 Å². The van der Waals surface area contributed by atoms with Crippen molar-refractivity contribution in [1.29, 1.82) is 5.26 Å². The first-order chi connectivity index (χ1) is 14.3. The number of fused-ring (bicyclic) bond motifs is 2. The van der Waals surface area contributed by atoms with Crippen molar-refractivity contribution in [2.75, 3.05) is 18.4 Å². The Morgan fingerprint density at radius 2 is 2.03 bits per heavy atom. The van der Waals surface area contributed by atoms with Crippen LogP contribution in [0.4, 0.5) is 14.7 Å². The molecule has 152 valence electrons. The normalized spacial score (nSPS) is 25.4. The second-order valence-corrected chi connectivity index (χ2v) is 8.17. The van der Waals surface area contributed by atoms with Crippen LogP contribution in [0.15, 0.2) is 30.6 Å². The predicted molar refractivity (Wildman–Crippen MR) is 101 cm³/mol. The molecule has 2 aliphatic carbocycles. The average Bonchev–Trinajstić information content (AvgIpc) is 3.64. The van der Waals surface area contributed by atoms with Gasteiger partial charge in [0.05, 0.1) is 18.0 Å². The van der Waals surface area contributed by atoms with E-state index in [0.29, 0.717) is 29.5 Å². The lowest BCUT2D eigenvalue weighted by Gasteiger charge is -2.34. The number of anilines is 1. The van der Waals surface area contributed by atoms with Crippen molar-refractivity contribution in [1.82, 2.24) is 14.9 Å². The van der Waals surface area contributed by atoms with Gasteiger partial charge in [-0.05, 0) is 36.5 Å². The molecule has 2 amide bonds. The topological polar surface area (TPSA) is 99.0 Å². The fraction of sp³-hybridized carbons (Fsp3) is 0.381. The number of benzene rings is 1. The lowest BCUT2D eigenvalue weighted by atomic mass is 9.84. The van der Waals surface area contributed by atoms with E-state index in [0.717, 1.165) is 0 Å². The van der Waals surface area contributed by atoms with Gasteiger partial charge in [-0.2, -0.15) is 5.26 Å². The molecule has 5 rings (SSSR count). The van der Waals surface area contributed by atoms with Crippen LogP contribution in [0.5, 0.6) is 0 Å². The predicted octanol–water partition coefficient (Wildman–Crippen LogP) is 2.38. The standard InChI is InChI=1S/C21H17F2N5O2/c22-16-6-20(16)11-28(10-17(29)27-19-25-8-12(7-24)9-26-19)18(30)14-2-1-13(5-15(14)20)21(23)3-4-21/h1-2,5,8-9,16H,3-4,6,10-11H2,(H,25,26,27,29)/t16-,20+/m0/s1. The minimum absolute atomic E-state index is 0.00989. The Kier molecular flexibility index (Phi) is 3.90. The van der Waals surface area contributed by atoms with Crippen molar-refractivity contribution >= 4 is 17.8 Å². The molecule has 30 heavy (non-hydrogen) atoms. The second kappa shape index (κ2) is 6.29. The van der Waals surface area contributed by atoms with Gasteiger partial charge in [-0.3, -0.25) is 14.9 Å². The van der Waals surface area contributed by atoms with Crippen LogP contribution in [0.25, 0.3) is 0 Å². The molecule has 1 aromatic carbocycles. The molecule has 3 aliphatic rings. The van der Waals surface area contributed by atoms with Gasteiger partial charge in [-0.15, -0.1) is 0 Å². The van der Waals surface area contributed by atoms with E-state index in [1.165, 1.54) is 17.3 Å². The number of carbonyl (C=O) groups is 2. The Morgan fingerprint density at radius 3 is 2.63 bits per heavy atom. The van der Waals surface area contributed by atoms with Crippen molar-refractivity contribution in [3.63, 3.8) is 0 Å². The molecule has 9 heteroatoms. The first-order valence-corrected chi connectivity index (χ1v) is 9.64. The molecular weight excluding hydrogens is 392 g/mol. The van der Waals surface area contributed by atoms with Crippen LogP contribution in [-0.2, 0) is 15.9 Å². The number of carbonyl (C=O) groups excluding carboxylic acids is 2. The fourth-order valence-corrected chi connectivity index (χ4v) is 4.11. The molecule has 1 spiro atoms. The number of hydrogen-bond acceptors (Lipinski definition) is 5. The summed E-state index contributed by atoms with van der Waals surface area (Å²) in [6.07, 6.45) is 2.53. The molecular formula is C21H17F2N5O2. The van der Waals surface area contributed by atoms with Gasteiger partial charge >= 0.3 is 0 Å². The van der Waals surface area contributed by atoms with Crippen LogP contribution in [0.3, 0.4) is 0 Å². The molecule has 1 N–H and O–H groups in total. The monoisotopic (exact) mass is 409 g/mol. The van der Waals surface area contributed by atoms with Crippen LogP contribution >= 0.6 is 0 Å². The summed E-state index contributed by atoms with van der Waals surface area (Å²) in [6.45, 7) is -0.227. The SMILES string of the molecule is N#Cc1cnc(NC(=O)CN2C[C@]3(C[C@@H]3F)c3cc(C4(F)CC4)ccc3C2=O)nc1. The summed E-state index contributed by atoms with van der Waals surface area (Å²) in [5.41, 5.74) is -0.628. The highest BCUT2D eigenvalue weighted by Gasteiger charge is 2.61. The van der Waals surface area contributed by atoms with Crippen LogP contribution in [0.1, 0.15) is 46.3 Å². The van der Waals surface area contributed by atoms with E-state index < -0.39 is 23.2 Å². The van der Waals surface area contributed by atoms with Crippen molar-refractivity contribution in [3.8, 4) is 6.07 Å². The maximum atomic E-state index is 14.5. The van der Waals surface area contributed by atoms with Gasteiger partial charge in [0.15, 0.2) is 0 Å². The highest BCUT2D eigenvalue weighted by Crippen LogP contribution is 2.57. The van der Waals surface area contributed by atoms with Gasteiger partial charge in [-0.25, -0.2) is 18.7 Å². The van der Waals surface area contributed by atoms with Crippen LogP contribution in [0.2, 0.25) is 0 Å². The van der Waals surface area contributed by atoms with Crippen molar-refractivity contribution in [2.24, 2.45) is 0 Å². The van der Waals surface area contributed by atoms with Gasteiger partial charge < -0.3 is 4.90 Å². The minimum atomic E-state index is -1.36. The Morgan fingerprint density at radius 1 is 1.33 bits per heavy atom. The Bertz CT molecular complexity index is 1110. The smallest absolute Gasteiger partial charge is 0.254 e. The third kappa shape index (κ3) is 2.91. The summed E-state index contributed by atoms with van der Waals surface area (Å²) < 4.78 is 29.0. The van der Waals surface area contributed by atoms with E-state index in [1.54, 1.807) is 18.2 Å². The molecule has 0 bridgehead atoms. The molecule has 0 saturated heterocycles. The molecule has 1 aliphatic heterocycles. The third-order valence-corrected chi connectivity index (χ3v) is 6.10. The molecule has 2 saturated carbocycles. The number of rotatable bonds is 4. The maximum Gasteiger partial charge on any atom is 0.254 e. The average molecular weight is 409 g/mol. The number of hydrogen-bond donors (Lipinski definition) is 1. The summed E-state index contributed by atoms with van der Waals surface area (Å²) in [7, 11) is 0. The molecule has 2 heterocycles. The van der Waals surface area contributed by atoms with Gasteiger partial charge in [-0.1, -0.05) is 12.1 Å². The maximum absolute atomic E-state index is 14.5. The number of halogens is 2. The summed E-state index contributed by atoms with van der Waals surface area (Å²) in [4.78, 5) is 34.4. The summed E-state index contributed by atoms with van der Waals surface area (Å²) in [6, 6.07) is 6.65. The van der Waals surface area contributed by atoms with Crippen LogP contribution in [0, 0.1) is 11.3 Å². The lowest BCUT2D eigenvalue weighted by molar-refractivity contribution is -0.117. The Hall–Kier alpha value is -3.41. The van der Waals surface area contributed by atoms with E-state index in [2.05, 4.69) is 15.3 Å². The van der Waals surface area contributed by atoms with Crippen LogP contribution in [-0.4, -0.2) is 45.9 Å². The number of alkyl halides is 2. The minimum Gasteiger partial charge on any atom is -0.328 e. The first kappa shape index (κ1) is 18.6. The zero-order chi connectivity index (χ0) is 21.1. The van der Waals surface area contributed by atoms with Crippen LogP contribution < -0.4 is 5.32 Å². The molecule has 2 atom stereocenters. The first-order valence-electron chi connectivity index (χ1n) is 9.64. The van der Waals surface area contributed by atoms with Gasteiger partial charge in [0.25, 0.3) is 5.91 Å². The molecule has 7 nitrogen and oxygen atoms in total. The number of nitrogens with one attached hydrogen (secondary N) is 1. The summed E-state index contributed by atoms with van der Waals surface area (Å²) in [5, 5.41) is 11.2. The van der Waals surface area contributed by atoms with Crippen molar-refractivity contribution in [3.05, 3.63) is 52.8 Å². The summed E-state index contributed by atoms with van der Waals surface area (Å²) >= 11 is 0. The van der Waals surface area contributed by atoms with Gasteiger partial charge in [0, 0.05) is 17.5 Å². The zero-order valence-corrected chi connectivity index (χ0v) is 15.9. The van der Waals surface area contributed by atoms with E-state index in [9.17, 15) is 18.4 Å². The molecule has 1 aromatic heterocycles. The van der Waals surface area contributed by atoms with E-state index in [4.69, 9.17) is 5.26 Å². The third-order valence-electron chi connectivity index (χ3n) is 6.10. The largest absolute Gasteiger partial charge is 0.328 e. The number of amides is 2. The number of aromatic nitrogens is 2. The lowest BCUT2D eigenvalue weighted by Crippen LogP contribution is -2.47. The zero-order valence-electron chi connectivity index (χ0n) is 15.9. The van der Waals surface area contributed by atoms with E-state index >= 15 is 0 Å². The quantitative estimate of drug-likeness (QED) is 0.836. The van der Waals surface area contributed by atoms with E-state index in [1.807, 2.05) is 6.07 Å².